The van der Waals surface area contributed by atoms with Crippen molar-refractivity contribution in [1.82, 2.24) is 0 Å². The SMILES string of the molecule is CCC(CO)(CCO)CC[N+](C)(C)C. The maximum atomic E-state index is 9.39. The van der Waals surface area contributed by atoms with Crippen LogP contribution < -0.4 is 0 Å². The average molecular weight is 204 g/mol. The molecule has 0 radical (unpaired) electrons. The van der Waals surface area contributed by atoms with E-state index in [4.69, 9.17) is 5.11 Å². The van der Waals surface area contributed by atoms with Crippen LogP contribution in [-0.2, 0) is 0 Å². The monoisotopic (exact) mass is 204 g/mol. The standard InChI is InChI=1S/C11H26NO2/c1-5-11(10-14,7-9-13)6-8-12(2,3)4/h13-14H,5-10H2,1-4H3/q+1. The molecule has 0 aliphatic carbocycles. The summed E-state index contributed by atoms with van der Waals surface area (Å²) in [4.78, 5) is 0. The van der Waals surface area contributed by atoms with Crippen LogP contribution in [0.15, 0.2) is 0 Å². The number of aliphatic hydroxyl groups excluding tert-OH is 2. The topological polar surface area (TPSA) is 40.5 Å². The molecule has 0 saturated carbocycles. The van der Waals surface area contributed by atoms with Crippen molar-refractivity contribution in [2.75, 3.05) is 40.9 Å². The summed E-state index contributed by atoms with van der Waals surface area (Å²) in [6, 6.07) is 0. The summed E-state index contributed by atoms with van der Waals surface area (Å²) < 4.78 is 0.910. The molecule has 0 aromatic heterocycles. The fraction of sp³-hybridized carbons (Fsp3) is 1.00. The first kappa shape index (κ1) is 13.9. The van der Waals surface area contributed by atoms with Gasteiger partial charge in [0.05, 0.1) is 27.7 Å². The highest BCUT2D eigenvalue weighted by molar-refractivity contribution is 4.76. The zero-order valence-corrected chi connectivity index (χ0v) is 10.1. The van der Waals surface area contributed by atoms with Gasteiger partial charge in [0.25, 0.3) is 0 Å². The maximum Gasteiger partial charge on any atom is 0.0786 e. The molecule has 0 spiro atoms. The third-order valence-electron chi connectivity index (χ3n) is 3.04. The smallest absolute Gasteiger partial charge is 0.0786 e. The molecular formula is C11H26NO2+. The van der Waals surface area contributed by atoms with Gasteiger partial charge in [-0.15, -0.1) is 0 Å². The van der Waals surface area contributed by atoms with E-state index in [2.05, 4.69) is 28.1 Å². The van der Waals surface area contributed by atoms with Crippen LogP contribution in [-0.4, -0.2) is 55.6 Å². The fourth-order valence-corrected chi connectivity index (χ4v) is 1.56. The first-order chi connectivity index (χ1) is 6.39. The molecular weight excluding hydrogens is 178 g/mol. The largest absolute Gasteiger partial charge is 0.396 e. The number of hydrogen-bond acceptors (Lipinski definition) is 2. The molecule has 86 valence electrons. The molecule has 2 N–H and O–H groups in total. The van der Waals surface area contributed by atoms with Crippen molar-refractivity contribution >= 4 is 0 Å². The number of quaternary nitrogens is 1. The average Bonchev–Trinajstić information content (AvgIpc) is 2.11. The van der Waals surface area contributed by atoms with Gasteiger partial charge in [-0.3, -0.25) is 0 Å². The minimum atomic E-state index is -0.0692. The lowest BCUT2D eigenvalue weighted by Crippen LogP contribution is -2.40. The molecule has 0 aromatic rings. The molecule has 1 atom stereocenters. The zero-order valence-electron chi connectivity index (χ0n) is 10.1. The Bertz CT molecular complexity index is 148. The third-order valence-corrected chi connectivity index (χ3v) is 3.04. The molecule has 0 rings (SSSR count). The van der Waals surface area contributed by atoms with E-state index in [9.17, 15) is 5.11 Å². The molecule has 1 unspecified atom stereocenters. The van der Waals surface area contributed by atoms with E-state index in [0.29, 0.717) is 6.42 Å². The molecule has 0 saturated heterocycles. The van der Waals surface area contributed by atoms with Gasteiger partial charge in [-0.05, 0) is 12.8 Å². The van der Waals surface area contributed by atoms with Crippen LogP contribution in [0, 0.1) is 5.41 Å². The predicted octanol–water partition coefficient (Wildman–Crippen LogP) is 0.854. The second-order valence-electron chi connectivity index (χ2n) is 5.25. The van der Waals surface area contributed by atoms with Crippen LogP contribution in [0.5, 0.6) is 0 Å². The first-order valence-corrected chi connectivity index (χ1v) is 5.41. The fourth-order valence-electron chi connectivity index (χ4n) is 1.56. The normalized spacial score (nSPS) is 16.7. The second-order valence-corrected chi connectivity index (χ2v) is 5.25. The molecule has 14 heavy (non-hydrogen) atoms. The molecule has 0 fully saturated rings. The molecule has 3 nitrogen and oxygen atoms in total. The van der Waals surface area contributed by atoms with Crippen molar-refractivity contribution in [3.8, 4) is 0 Å². The van der Waals surface area contributed by atoms with Crippen molar-refractivity contribution in [2.24, 2.45) is 5.41 Å². The van der Waals surface area contributed by atoms with E-state index in [-0.39, 0.29) is 18.6 Å². The summed E-state index contributed by atoms with van der Waals surface area (Å²) in [6.45, 7) is 3.48. The summed E-state index contributed by atoms with van der Waals surface area (Å²) >= 11 is 0. The third kappa shape index (κ3) is 4.94. The van der Waals surface area contributed by atoms with Gasteiger partial charge in [0.15, 0.2) is 0 Å². The van der Waals surface area contributed by atoms with Crippen LogP contribution in [0.25, 0.3) is 0 Å². The lowest BCUT2D eigenvalue weighted by Gasteiger charge is -2.34. The van der Waals surface area contributed by atoms with Crippen molar-refractivity contribution in [3.63, 3.8) is 0 Å². The van der Waals surface area contributed by atoms with E-state index < -0.39 is 0 Å². The van der Waals surface area contributed by atoms with Crippen molar-refractivity contribution < 1.29 is 14.7 Å². The van der Waals surface area contributed by atoms with E-state index in [0.717, 1.165) is 23.9 Å². The van der Waals surface area contributed by atoms with Crippen LogP contribution in [0.1, 0.15) is 26.2 Å². The quantitative estimate of drug-likeness (QED) is 0.604. The molecule has 3 heteroatoms. The summed E-state index contributed by atoms with van der Waals surface area (Å²) in [5, 5.41) is 18.4. The highest BCUT2D eigenvalue weighted by atomic mass is 16.3. The van der Waals surface area contributed by atoms with Gasteiger partial charge in [0, 0.05) is 25.0 Å². The van der Waals surface area contributed by atoms with Crippen LogP contribution in [0.3, 0.4) is 0 Å². The molecule has 0 aliphatic heterocycles. The predicted molar refractivity (Wildman–Crippen MR) is 59.0 cm³/mol. The van der Waals surface area contributed by atoms with Gasteiger partial charge in [-0.1, -0.05) is 6.92 Å². The Kier molecular flexibility index (Phi) is 5.64. The summed E-state index contributed by atoms with van der Waals surface area (Å²) in [5.41, 5.74) is -0.0692. The molecule has 0 amide bonds. The summed E-state index contributed by atoms with van der Waals surface area (Å²) in [6.07, 6.45) is 2.62. The van der Waals surface area contributed by atoms with Gasteiger partial charge in [-0.2, -0.15) is 0 Å². The van der Waals surface area contributed by atoms with E-state index >= 15 is 0 Å². The first-order valence-electron chi connectivity index (χ1n) is 5.41. The van der Waals surface area contributed by atoms with Gasteiger partial charge in [0.2, 0.25) is 0 Å². The summed E-state index contributed by atoms with van der Waals surface area (Å²) in [5.74, 6) is 0. The minimum Gasteiger partial charge on any atom is -0.396 e. The van der Waals surface area contributed by atoms with Crippen LogP contribution >= 0.6 is 0 Å². The van der Waals surface area contributed by atoms with Crippen LogP contribution in [0.4, 0.5) is 0 Å². The number of aliphatic hydroxyl groups is 2. The van der Waals surface area contributed by atoms with Crippen molar-refractivity contribution in [3.05, 3.63) is 0 Å². The number of rotatable bonds is 7. The Labute approximate surface area is 87.9 Å². The number of hydrogen-bond donors (Lipinski definition) is 2. The lowest BCUT2D eigenvalue weighted by atomic mass is 9.79. The van der Waals surface area contributed by atoms with Crippen molar-refractivity contribution in [1.29, 1.82) is 0 Å². The minimum absolute atomic E-state index is 0.0692. The zero-order chi connectivity index (χ0) is 11.2. The summed E-state index contributed by atoms with van der Waals surface area (Å²) in [7, 11) is 6.45. The Morgan fingerprint density at radius 2 is 1.64 bits per heavy atom. The maximum absolute atomic E-state index is 9.39. The van der Waals surface area contributed by atoms with Crippen molar-refractivity contribution in [2.45, 2.75) is 26.2 Å². The molecule has 0 aliphatic rings. The Balaban J connectivity index is 4.21. The van der Waals surface area contributed by atoms with Crippen LogP contribution in [0.2, 0.25) is 0 Å². The molecule has 0 bridgehead atoms. The Morgan fingerprint density at radius 3 is 1.93 bits per heavy atom. The highest BCUT2D eigenvalue weighted by Gasteiger charge is 2.28. The number of nitrogens with zero attached hydrogens (tertiary/aromatic N) is 1. The Morgan fingerprint density at radius 1 is 1.07 bits per heavy atom. The van der Waals surface area contributed by atoms with Gasteiger partial charge in [0.1, 0.15) is 0 Å². The Hall–Kier alpha value is -0.120. The van der Waals surface area contributed by atoms with E-state index in [1.54, 1.807) is 0 Å². The molecule has 0 aromatic carbocycles. The second kappa shape index (κ2) is 5.69. The van der Waals surface area contributed by atoms with E-state index in [1.807, 2.05) is 0 Å². The highest BCUT2D eigenvalue weighted by Crippen LogP contribution is 2.30. The van der Waals surface area contributed by atoms with Gasteiger partial charge < -0.3 is 14.7 Å². The van der Waals surface area contributed by atoms with Gasteiger partial charge in [-0.25, -0.2) is 0 Å². The molecule has 0 heterocycles. The lowest BCUT2D eigenvalue weighted by molar-refractivity contribution is -0.871. The van der Waals surface area contributed by atoms with E-state index in [1.165, 1.54) is 0 Å². The van der Waals surface area contributed by atoms with Gasteiger partial charge >= 0.3 is 0 Å².